The number of carbonyl (C=O) groups excluding carboxylic acids is 2. The number of hydrogen-bond donors (Lipinski definition) is 3. The van der Waals surface area contributed by atoms with Crippen molar-refractivity contribution in [1.82, 2.24) is 0 Å². The van der Waals surface area contributed by atoms with Gasteiger partial charge < -0.3 is 24.5 Å². The number of Topliss-reactive ketones (excluding diaryl/α,β-unsaturated/α-hetero) is 1. The molecule has 0 aliphatic heterocycles. The van der Waals surface area contributed by atoms with E-state index in [0.29, 0.717) is 0 Å². The monoisotopic (exact) mass is 320 g/mol. The standard InChI is InChI=1S/C15H12O8/c1-2-22-14(20)7-3-5-9-6(4-8(16)11(18)12(9)19)15(21)23-13(5)10(7)17/h4,7,16,18-19H,2-3H2,1H3/t7-/m1/s1. The van der Waals surface area contributed by atoms with Crippen LogP contribution in [0.3, 0.4) is 0 Å². The van der Waals surface area contributed by atoms with Crippen molar-refractivity contribution in [3.8, 4) is 17.2 Å². The Kier molecular flexibility index (Phi) is 3.24. The van der Waals surface area contributed by atoms with E-state index in [-0.39, 0.29) is 35.1 Å². The molecule has 1 aromatic carbocycles. The van der Waals surface area contributed by atoms with Gasteiger partial charge in [-0.05, 0) is 19.4 Å². The number of esters is 1. The molecule has 0 amide bonds. The van der Waals surface area contributed by atoms with Gasteiger partial charge in [-0.3, -0.25) is 9.59 Å². The van der Waals surface area contributed by atoms with E-state index in [1.54, 1.807) is 6.92 Å². The molecule has 0 radical (unpaired) electrons. The Bertz CT molecular complexity index is 908. The first-order valence-electron chi connectivity index (χ1n) is 6.81. The third-order valence-corrected chi connectivity index (χ3v) is 3.76. The van der Waals surface area contributed by atoms with E-state index in [1.165, 1.54) is 0 Å². The zero-order valence-electron chi connectivity index (χ0n) is 12.0. The molecule has 3 N–H and O–H groups in total. The van der Waals surface area contributed by atoms with E-state index in [9.17, 15) is 29.7 Å². The lowest BCUT2D eigenvalue weighted by atomic mass is 10.0. The number of aromatic hydroxyl groups is 3. The van der Waals surface area contributed by atoms with Gasteiger partial charge in [0, 0.05) is 10.9 Å². The molecular weight excluding hydrogens is 308 g/mol. The fourth-order valence-electron chi connectivity index (χ4n) is 2.72. The molecule has 0 saturated heterocycles. The van der Waals surface area contributed by atoms with Crippen LogP contribution in [0.5, 0.6) is 17.2 Å². The summed E-state index contributed by atoms with van der Waals surface area (Å²) >= 11 is 0. The Hall–Kier alpha value is -3.03. The molecule has 1 aromatic heterocycles. The van der Waals surface area contributed by atoms with Crippen molar-refractivity contribution >= 4 is 22.5 Å². The van der Waals surface area contributed by atoms with Crippen LogP contribution in [0.25, 0.3) is 10.8 Å². The number of ether oxygens (including phenoxy) is 1. The zero-order valence-corrected chi connectivity index (χ0v) is 12.0. The maximum Gasteiger partial charge on any atom is 0.344 e. The van der Waals surface area contributed by atoms with Crippen LogP contribution in [-0.2, 0) is 16.0 Å². The number of carbonyl (C=O) groups is 2. The van der Waals surface area contributed by atoms with E-state index in [0.717, 1.165) is 6.07 Å². The third kappa shape index (κ3) is 2.02. The molecule has 0 unspecified atom stereocenters. The molecule has 8 heteroatoms. The highest BCUT2D eigenvalue weighted by Gasteiger charge is 2.41. The Morgan fingerprint density at radius 2 is 2.00 bits per heavy atom. The summed E-state index contributed by atoms with van der Waals surface area (Å²) in [5, 5.41) is 28.8. The quantitative estimate of drug-likeness (QED) is 0.421. The first kappa shape index (κ1) is 14.9. The maximum absolute atomic E-state index is 12.2. The number of phenols is 3. The molecule has 2 aromatic rings. The summed E-state index contributed by atoms with van der Waals surface area (Å²) in [6.07, 6.45) is -0.134. The van der Waals surface area contributed by atoms with Crippen molar-refractivity contribution in [2.45, 2.75) is 13.3 Å². The van der Waals surface area contributed by atoms with Crippen LogP contribution in [0.4, 0.5) is 0 Å². The summed E-state index contributed by atoms with van der Waals surface area (Å²) in [7, 11) is 0. The van der Waals surface area contributed by atoms with Gasteiger partial charge in [0.2, 0.25) is 11.5 Å². The molecule has 1 aliphatic rings. The SMILES string of the molecule is CCOC(=O)[C@@H]1Cc2c(oc(=O)c3cc(O)c(O)c(O)c23)C1=O. The normalized spacial score (nSPS) is 16.6. The molecular formula is C15H12O8. The minimum Gasteiger partial charge on any atom is -0.504 e. The highest BCUT2D eigenvalue weighted by molar-refractivity contribution is 6.13. The van der Waals surface area contributed by atoms with Gasteiger partial charge in [-0.2, -0.15) is 0 Å². The average molecular weight is 320 g/mol. The summed E-state index contributed by atoms with van der Waals surface area (Å²) in [4.78, 5) is 36.0. The molecule has 120 valence electrons. The molecule has 1 heterocycles. The minimum absolute atomic E-state index is 0.0869. The van der Waals surface area contributed by atoms with Crippen molar-refractivity contribution in [2.24, 2.45) is 5.92 Å². The fraction of sp³-hybridized carbons (Fsp3) is 0.267. The number of phenolic OH excluding ortho intramolecular Hbond substituents is 3. The van der Waals surface area contributed by atoms with Crippen LogP contribution in [0.1, 0.15) is 23.0 Å². The van der Waals surface area contributed by atoms with Crippen LogP contribution in [0.2, 0.25) is 0 Å². The maximum atomic E-state index is 12.2. The van der Waals surface area contributed by atoms with Crippen molar-refractivity contribution in [3.05, 3.63) is 27.8 Å². The molecule has 1 atom stereocenters. The second kappa shape index (κ2) is 5.01. The number of ketones is 1. The van der Waals surface area contributed by atoms with Gasteiger partial charge in [-0.15, -0.1) is 0 Å². The number of rotatable bonds is 2. The van der Waals surface area contributed by atoms with Gasteiger partial charge in [-0.1, -0.05) is 0 Å². The first-order chi connectivity index (χ1) is 10.9. The van der Waals surface area contributed by atoms with Crippen LogP contribution >= 0.6 is 0 Å². The number of benzene rings is 1. The molecule has 1 aliphatic carbocycles. The highest BCUT2D eigenvalue weighted by Crippen LogP contribution is 2.44. The molecule has 0 saturated carbocycles. The topological polar surface area (TPSA) is 134 Å². The second-order valence-corrected chi connectivity index (χ2v) is 5.09. The minimum atomic E-state index is -1.17. The average Bonchev–Trinajstić information content (AvgIpc) is 2.82. The van der Waals surface area contributed by atoms with Gasteiger partial charge in [-0.25, -0.2) is 4.79 Å². The van der Waals surface area contributed by atoms with Crippen molar-refractivity contribution in [3.63, 3.8) is 0 Å². The highest BCUT2D eigenvalue weighted by atomic mass is 16.5. The summed E-state index contributed by atoms with van der Waals surface area (Å²) in [6, 6.07) is 0.929. The zero-order chi connectivity index (χ0) is 16.9. The van der Waals surface area contributed by atoms with Gasteiger partial charge in [0.1, 0.15) is 5.92 Å². The molecule has 23 heavy (non-hydrogen) atoms. The molecule has 8 nitrogen and oxygen atoms in total. The van der Waals surface area contributed by atoms with Crippen LogP contribution in [0, 0.1) is 5.92 Å². The summed E-state index contributed by atoms with van der Waals surface area (Å²) in [5.41, 5.74) is -0.849. The number of fused-ring (bicyclic) bond motifs is 3. The van der Waals surface area contributed by atoms with E-state index in [2.05, 4.69) is 0 Å². The number of hydrogen-bond acceptors (Lipinski definition) is 8. The Morgan fingerprint density at radius 1 is 1.30 bits per heavy atom. The Morgan fingerprint density at radius 3 is 2.65 bits per heavy atom. The Labute approximate surface area is 128 Å². The van der Waals surface area contributed by atoms with Gasteiger partial charge in [0.15, 0.2) is 17.3 Å². The second-order valence-electron chi connectivity index (χ2n) is 5.09. The van der Waals surface area contributed by atoms with E-state index in [1.807, 2.05) is 0 Å². The van der Waals surface area contributed by atoms with Crippen molar-refractivity contribution in [1.29, 1.82) is 0 Å². The fourth-order valence-corrected chi connectivity index (χ4v) is 2.72. The van der Waals surface area contributed by atoms with Crippen LogP contribution in [0.15, 0.2) is 15.3 Å². The van der Waals surface area contributed by atoms with E-state index in [4.69, 9.17) is 9.15 Å². The summed E-state index contributed by atoms with van der Waals surface area (Å²) < 4.78 is 9.75. The van der Waals surface area contributed by atoms with Crippen LogP contribution in [-0.4, -0.2) is 33.7 Å². The third-order valence-electron chi connectivity index (χ3n) is 3.76. The lowest BCUT2D eigenvalue weighted by Gasteiger charge is -2.08. The van der Waals surface area contributed by atoms with Gasteiger partial charge >= 0.3 is 11.6 Å². The Balaban J connectivity index is 2.28. The smallest absolute Gasteiger partial charge is 0.344 e. The predicted octanol–water partition coefficient (Wildman–Crippen LogP) is 0.828. The molecule has 3 rings (SSSR count). The van der Waals surface area contributed by atoms with E-state index >= 15 is 0 Å². The lowest BCUT2D eigenvalue weighted by Crippen LogP contribution is -2.23. The largest absolute Gasteiger partial charge is 0.504 e. The molecule has 0 spiro atoms. The molecule has 0 bridgehead atoms. The van der Waals surface area contributed by atoms with Crippen molar-refractivity contribution in [2.75, 3.05) is 6.61 Å². The van der Waals surface area contributed by atoms with Crippen molar-refractivity contribution < 1.29 is 34.1 Å². The summed E-state index contributed by atoms with van der Waals surface area (Å²) in [6.45, 7) is 1.68. The van der Waals surface area contributed by atoms with Gasteiger partial charge in [0.25, 0.3) is 0 Å². The predicted molar refractivity (Wildman–Crippen MR) is 75.6 cm³/mol. The first-order valence-corrected chi connectivity index (χ1v) is 6.81. The van der Waals surface area contributed by atoms with Gasteiger partial charge in [0.05, 0.1) is 12.0 Å². The lowest BCUT2D eigenvalue weighted by molar-refractivity contribution is -0.146. The summed E-state index contributed by atoms with van der Waals surface area (Å²) in [5.74, 6) is -5.27. The van der Waals surface area contributed by atoms with Crippen LogP contribution < -0.4 is 5.63 Å². The molecule has 0 fully saturated rings. The van der Waals surface area contributed by atoms with E-state index < -0.39 is 40.5 Å².